The van der Waals surface area contributed by atoms with Crippen LogP contribution in [0.5, 0.6) is 11.5 Å². The Hall–Kier alpha value is -0.890. The summed E-state index contributed by atoms with van der Waals surface area (Å²) in [6.45, 7) is 3.00. The molecular formula is C22H37ClO2. The van der Waals surface area contributed by atoms with Gasteiger partial charge in [-0.15, -0.1) is 0 Å². The fraction of sp³-hybridized carbons (Fsp3) is 0.727. The average molecular weight is 369 g/mol. The van der Waals surface area contributed by atoms with Crippen LogP contribution in [0, 0.1) is 0 Å². The van der Waals surface area contributed by atoms with E-state index < -0.39 is 0 Å². The molecule has 0 aliphatic heterocycles. The zero-order valence-electron chi connectivity index (χ0n) is 16.1. The van der Waals surface area contributed by atoms with Crippen molar-refractivity contribution in [3.05, 3.63) is 23.2 Å². The van der Waals surface area contributed by atoms with Gasteiger partial charge in [0.1, 0.15) is 11.5 Å². The van der Waals surface area contributed by atoms with E-state index in [2.05, 4.69) is 6.92 Å². The van der Waals surface area contributed by atoms with Crippen molar-refractivity contribution in [3.63, 3.8) is 0 Å². The number of aromatic hydroxyl groups is 1. The van der Waals surface area contributed by atoms with Crippen molar-refractivity contribution < 1.29 is 9.84 Å². The Morgan fingerprint density at radius 2 is 1.24 bits per heavy atom. The van der Waals surface area contributed by atoms with Crippen LogP contribution in [0.15, 0.2) is 18.2 Å². The second-order valence-electron chi connectivity index (χ2n) is 7.06. The smallest absolute Gasteiger partial charge is 0.134 e. The number of halogens is 1. The lowest BCUT2D eigenvalue weighted by Crippen LogP contribution is -1.97. The van der Waals surface area contributed by atoms with Gasteiger partial charge in [-0.05, 0) is 18.6 Å². The molecule has 0 bridgehead atoms. The third kappa shape index (κ3) is 12.2. The number of benzene rings is 1. The monoisotopic (exact) mass is 368 g/mol. The van der Waals surface area contributed by atoms with Gasteiger partial charge >= 0.3 is 0 Å². The minimum Gasteiger partial charge on any atom is -0.506 e. The zero-order valence-corrected chi connectivity index (χ0v) is 16.8. The molecule has 0 spiro atoms. The number of unbranched alkanes of at least 4 members (excludes halogenated alkanes) is 13. The lowest BCUT2D eigenvalue weighted by molar-refractivity contribution is 0.304. The average Bonchev–Trinajstić information content (AvgIpc) is 2.61. The molecule has 0 heterocycles. The molecule has 1 aromatic carbocycles. The van der Waals surface area contributed by atoms with Gasteiger partial charge in [0.25, 0.3) is 0 Å². The SMILES string of the molecule is CCCCCCCCCCCCCCCCOc1ccc(O)c(Cl)c1. The molecule has 0 amide bonds. The molecule has 25 heavy (non-hydrogen) atoms. The molecule has 0 aliphatic carbocycles. The summed E-state index contributed by atoms with van der Waals surface area (Å²) in [5.74, 6) is 0.836. The van der Waals surface area contributed by atoms with Crippen molar-refractivity contribution in [3.8, 4) is 11.5 Å². The molecule has 0 aliphatic rings. The number of phenols is 1. The van der Waals surface area contributed by atoms with Crippen LogP contribution in [0.2, 0.25) is 5.02 Å². The van der Waals surface area contributed by atoms with Crippen LogP contribution in [-0.2, 0) is 0 Å². The molecule has 1 rings (SSSR count). The second-order valence-corrected chi connectivity index (χ2v) is 7.47. The molecule has 144 valence electrons. The van der Waals surface area contributed by atoms with Crippen LogP contribution in [0.4, 0.5) is 0 Å². The minimum absolute atomic E-state index is 0.102. The van der Waals surface area contributed by atoms with Crippen molar-refractivity contribution >= 4 is 11.6 Å². The molecule has 3 heteroatoms. The summed E-state index contributed by atoms with van der Waals surface area (Å²) >= 11 is 5.85. The Morgan fingerprint density at radius 1 is 0.760 bits per heavy atom. The van der Waals surface area contributed by atoms with E-state index in [4.69, 9.17) is 16.3 Å². The van der Waals surface area contributed by atoms with E-state index in [-0.39, 0.29) is 5.75 Å². The van der Waals surface area contributed by atoms with E-state index in [9.17, 15) is 5.11 Å². The van der Waals surface area contributed by atoms with Crippen molar-refractivity contribution in [1.82, 2.24) is 0 Å². The summed E-state index contributed by atoms with van der Waals surface area (Å²) in [7, 11) is 0. The van der Waals surface area contributed by atoms with Crippen LogP contribution in [-0.4, -0.2) is 11.7 Å². The van der Waals surface area contributed by atoms with Gasteiger partial charge in [0.05, 0.1) is 11.6 Å². The molecule has 2 nitrogen and oxygen atoms in total. The van der Waals surface area contributed by atoms with Gasteiger partial charge in [0, 0.05) is 6.07 Å². The molecule has 1 N–H and O–H groups in total. The third-order valence-corrected chi connectivity index (χ3v) is 4.99. The van der Waals surface area contributed by atoms with Gasteiger partial charge in [0.15, 0.2) is 0 Å². The maximum atomic E-state index is 9.36. The Morgan fingerprint density at radius 3 is 1.72 bits per heavy atom. The topological polar surface area (TPSA) is 29.5 Å². The summed E-state index contributed by atoms with van der Waals surface area (Å²) in [5.41, 5.74) is 0. The number of rotatable bonds is 16. The van der Waals surface area contributed by atoms with Crippen molar-refractivity contribution in [2.24, 2.45) is 0 Å². The van der Waals surface area contributed by atoms with Gasteiger partial charge in [0.2, 0.25) is 0 Å². The fourth-order valence-corrected chi connectivity index (χ4v) is 3.23. The van der Waals surface area contributed by atoms with Crippen LogP contribution in [0.1, 0.15) is 96.8 Å². The Kier molecular flexibility index (Phi) is 13.6. The van der Waals surface area contributed by atoms with E-state index in [0.29, 0.717) is 5.02 Å². The largest absolute Gasteiger partial charge is 0.506 e. The van der Waals surface area contributed by atoms with E-state index in [1.807, 2.05) is 0 Å². The molecule has 0 fully saturated rings. The Labute approximate surface area is 159 Å². The first-order valence-corrected chi connectivity index (χ1v) is 10.7. The standard InChI is InChI=1S/C22H37ClO2/c1-2-3-4-5-6-7-8-9-10-11-12-13-14-15-18-25-20-16-17-22(24)21(23)19-20/h16-17,19,24H,2-15,18H2,1H3. The van der Waals surface area contributed by atoms with Crippen LogP contribution >= 0.6 is 11.6 Å². The third-order valence-electron chi connectivity index (χ3n) is 4.69. The second kappa shape index (κ2) is 15.4. The van der Waals surface area contributed by atoms with Crippen molar-refractivity contribution in [2.75, 3.05) is 6.61 Å². The molecular weight excluding hydrogens is 332 g/mol. The molecule has 0 saturated heterocycles. The number of hydrogen-bond acceptors (Lipinski definition) is 2. The summed E-state index contributed by atoms with van der Waals surface area (Å²) in [6, 6.07) is 4.99. The zero-order chi connectivity index (χ0) is 18.2. The molecule has 0 atom stereocenters. The van der Waals surface area contributed by atoms with E-state index in [1.54, 1.807) is 18.2 Å². The summed E-state index contributed by atoms with van der Waals surface area (Å²) in [4.78, 5) is 0. The van der Waals surface area contributed by atoms with Crippen LogP contribution in [0.25, 0.3) is 0 Å². The predicted molar refractivity (Wildman–Crippen MR) is 109 cm³/mol. The van der Waals surface area contributed by atoms with Gasteiger partial charge < -0.3 is 9.84 Å². The summed E-state index contributed by atoms with van der Waals surface area (Å²) in [6.07, 6.45) is 19.1. The molecule has 0 aromatic heterocycles. The van der Waals surface area contributed by atoms with Gasteiger partial charge in [-0.1, -0.05) is 102 Å². The highest BCUT2D eigenvalue weighted by atomic mass is 35.5. The predicted octanol–water partition coefficient (Wildman–Crippen LogP) is 7.91. The lowest BCUT2D eigenvalue weighted by Gasteiger charge is -2.07. The molecule has 1 aromatic rings. The van der Waals surface area contributed by atoms with Gasteiger partial charge in [-0.3, -0.25) is 0 Å². The molecule has 0 unspecified atom stereocenters. The first-order chi connectivity index (χ1) is 12.2. The highest BCUT2D eigenvalue weighted by Gasteiger charge is 2.00. The summed E-state index contributed by atoms with van der Waals surface area (Å²) < 4.78 is 5.65. The Bertz CT molecular complexity index is 434. The lowest BCUT2D eigenvalue weighted by atomic mass is 10.0. The van der Waals surface area contributed by atoms with Gasteiger partial charge in [-0.2, -0.15) is 0 Å². The maximum Gasteiger partial charge on any atom is 0.134 e. The molecule has 0 saturated carbocycles. The quantitative estimate of drug-likeness (QED) is 0.300. The van der Waals surface area contributed by atoms with Crippen LogP contribution < -0.4 is 4.74 Å². The van der Waals surface area contributed by atoms with Crippen molar-refractivity contribution in [1.29, 1.82) is 0 Å². The highest BCUT2D eigenvalue weighted by molar-refractivity contribution is 6.32. The number of ether oxygens (including phenoxy) is 1. The van der Waals surface area contributed by atoms with Gasteiger partial charge in [-0.25, -0.2) is 0 Å². The van der Waals surface area contributed by atoms with Crippen molar-refractivity contribution in [2.45, 2.75) is 96.8 Å². The normalized spacial score (nSPS) is 11.0. The first-order valence-electron chi connectivity index (χ1n) is 10.4. The Balaban J connectivity index is 1.81. The van der Waals surface area contributed by atoms with Crippen LogP contribution in [0.3, 0.4) is 0 Å². The van der Waals surface area contributed by atoms with E-state index in [0.717, 1.165) is 18.8 Å². The minimum atomic E-state index is 0.102. The first kappa shape index (κ1) is 22.2. The highest BCUT2D eigenvalue weighted by Crippen LogP contribution is 2.27. The summed E-state index contributed by atoms with van der Waals surface area (Å²) in [5, 5.41) is 9.71. The number of hydrogen-bond donors (Lipinski definition) is 1. The fourth-order valence-electron chi connectivity index (χ4n) is 3.06. The van der Waals surface area contributed by atoms with E-state index in [1.165, 1.54) is 83.5 Å². The number of phenolic OH excluding ortho intramolecular Hbond substituents is 1. The van der Waals surface area contributed by atoms with E-state index >= 15 is 0 Å². The maximum absolute atomic E-state index is 9.36. The molecule has 0 radical (unpaired) electrons.